The molecule has 1 aromatic heterocycles. The van der Waals surface area contributed by atoms with Crippen LogP contribution in [0.15, 0.2) is 24.3 Å². The molecule has 2 aliphatic rings. The minimum Gasteiger partial charge on any atom is -0.454 e. The van der Waals surface area contributed by atoms with Gasteiger partial charge in [0.05, 0.1) is 11.3 Å². The minimum absolute atomic E-state index is 0.221. The molecule has 106 valence electrons. The number of fused-ring (bicyclic) bond motifs is 2. The molecule has 1 amide bonds. The molecule has 21 heavy (non-hydrogen) atoms. The van der Waals surface area contributed by atoms with Crippen LogP contribution in [0.4, 0.5) is 0 Å². The number of pyridine rings is 1. The average Bonchev–Trinajstić information content (AvgIpc) is 3.13. The summed E-state index contributed by atoms with van der Waals surface area (Å²) in [4.78, 5) is 16.4. The molecule has 4 rings (SSSR count). The standard InChI is InChI=1S/C16H14N2O3/c17-16(19)11-6-9-2-1-3-12(9)18-15(11)10-4-5-13-14(7-10)21-8-20-13/h4-7H,1-3,8H2,(H2,17,19). The number of nitrogens with zero attached hydrogens (tertiary/aromatic N) is 1. The summed E-state index contributed by atoms with van der Waals surface area (Å²) in [7, 11) is 0. The molecular weight excluding hydrogens is 268 g/mol. The number of aromatic nitrogens is 1. The number of hydrogen-bond donors (Lipinski definition) is 1. The van der Waals surface area contributed by atoms with E-state index in [0.717, 1.165) is 36.1 Å². The number of ether oxygens (including phenoxy) is 2. The summed E-state index contributed by atoms with van der Waals surface area (Å²) in [6, 6.07) is 7.44. The number of rotatable bonds is 2. The van der Waals surface area contributed by atoms with Gasteiger partial charge in [-0.2, -0.15) is 0 Å². The maximum Gasteiger partial charge on any atom is 0.250 e. The van der Waals surface area contributed by atoms with Gasteiger partial charge in [0.2, 0.25) is 6.79 Å². The fourth-order valence-electron chi connectivity index (χ4n) is 2.92. The van der Waals surface area contributed by atoms with Crippen LogP contribution in [-0.2, 0) is 12.8 Å². The highest BCUT2D eigenvalue weighted by atomic mass is 16.7. The Morgan fingerprint density at radius 1 is 1.14 bits per heavy atom. The first-order valence-electron chi connectivity index (χ1n) is 6.95. The van der Waals surface area contributed by atoms with E-state index in [4.69, 9.17) is 15.2 Å². The maximum absolute atomic E-state index is 11.8. The van der Waals surface area contributed by atoms with Crippen LogP contribution in [0.2, 0.25) is 0 Å². The van der Waals surface area contributed by atoms with Crippen molar-refractivity contribution in [1.29, 1.82) is 0 Å². The molecule has 0 fully saturated rings. The lowest BCUT2D eigenvalue weighted by atomic mass is 10.0. The minimum atomic E-state index is -0.454. The van der Waals surface area contributed by atoms with Crippen molar-refractivity contribution in [3.63, 3.8) is 0 Å². The Balaban J connectivity index is 1.89. The zero-order valence-corrected chi connectivity index (χ0v) is 11.4. The average molecular weight is 282 g/mol. The highest BCUT2D eigenvalue weighted by molar-refractivity contribution is 5.99. The Hall–Kier alpha value is -2.56. The van der Waals surface area contributed by atoms with Crippen molar-refractivity contribution in [2.75, 3.05) is 6.79 Å². The van der Waals surface area contributed by atoms with Gasteiger partial charge in [-0.05, 0) is 49.1 Å². The van der Waals surface area contributed by atoms with Gasteiger partial charge < -0.3 is 15.2 Å². The molecule has 0 atom stereocenters. The Morgan fingerprint density at radius 3 is 2.86 bits per heavy atom. The zero-order chi connectivity index (χ0) is 14.4. The quantitative estimate of drug-likeness (QED) is 0.915. The van der Waals surface area contributed by atoms with E-state index in [1.165, 1.54) is 0 Å². The molecule has 0 saturated carbocycles. The number of aryl methyl sites for hydroxylation is 2. The molecule has 0 saturated heterocycles. The third-order valence-corrected chi connectivity index (χ3v) is 3.96. The van der Waals surface area contributed by atoms with Crippen molar-refractivity contribution in [1.82, 2.24) is 4.98 Å². The first-order chi connectivity index (χ1) is 10.2. The lowest BCUT2D eigenvalue weighted by Gasteiger charge is -2.10. The number of benzene rings is 1. The van der Waals surface area contributed by atoms with E-state index in [1.54, 1.807) is 0 Å². The van der Waals surface area contributed by atoms with Gasteiger partial charge in [-0.15, -0.1) is 0 Å². The normalized spacial score (nSPS) is 15.0. The third kappa shape index (κ3) is 1.93. The van der Waals surface area contributed by atoms with Crippen LogP contribution in [0.3, 0.4) is 0 Å². The maximum atomic E-state index is 11.8. The van der Waals surface area contributed by atoms with Crippen molar-refractivity contribution < 1.29 is 14.3 Å². The number of primary amides is 1. The van der Waals surface area contributed by atoms with E-state index in [-0.39, 0.29) is 6.79 Å². The summed E-state index contributed by atoms with van der Waals surface area (Å²) in [6.45, 7) is 0.221. The van der Waals surface area contributed by atoms with Crippen LogP contribution in [0, 0.1) is 0 Å². The SMILES string of the molecule is NC(=O)c1cc2c(nc1-c1ccc3c(c1)OCO3)CCC2. The molecule has 0 bridgehead atoms. The summed E-state index contributed by atoms with van der Waals surface area (Å²) in [5.41, 5.74) is 9.63. The van der Waals surface area contributed by atoms with E-state index in [1.807, 2.05) is 24.3 Å². The predicted molar refractivity (Wildman–Crippen MR) is 76.3 cm³/mol. The number of amides is 1. The van der Waals surface area contributed by atoms with E-state index in [2.05, 4.69) is 4.98 Å². The van der Waals surface area contributed by atoms with E-state index in [9.17, 15) is 4.79 Å². The molecule has 2 heterocycles. The molecule has 0 radical (unpaired) electrons. The molecule has 1 aliphatic heterocycles. The second-order valence-corrected chi connectivity index (χ2v) is 5.28. The van der Waals surface area contributed by atoms with Crippen molar-refractivity contribution in [2.24, 2.45) is 5.73 Å². The van der Waals surface area contributed by atoms with Crippen LogP contribution in [0.5, 0.6) is 11.5 Å². The molecule has 0 unspecified atom stereocenters. The van der Waals surface area contributed by atoms with Crippen LogP contribution >= 0.6 is 0 Å². The summed E-state index contributed by atoms with van der Waals surface area (Å²) >= 11 is 0. The van der Waals surface area contributed by atoms with Gasteiger partial charge in [0, 0.05) is 11.3 Å². The molecule has 1 aliphatic carbocycles. The molecule has 5 nitrogen and oxygen atoms in total. The second-order valence-electron chi connectivity index (χ2n) is 5.28. The van der Waals surface area contributed by atoms with Crippen LogP contribution in [0.1, 0.15) is 28.0 Å². The number of hydrogen-bond acceptors (Lipinski definition) is 4. The summed E-state index contributed by atoms with van der Waals surface area (Å²) < 4.78 is 10.7. The zero-order valence-electron chi connectivity index (χ0n) is 11.4. The van der Waals surface area contributed by atoms with E-state index < -0.39 is 5.91 Å². The Bertz CT molecular complexity index is 755. The first-order valence-corrected chi connectivity index (χ1v) is 6.95. The summed E-state index contributed by atoms with van der Waals surface area (Å²) in [5.74, 6) is 0.927. The molecular formula is C16H14N2O3. The van der Waals surface area contributed by atoms with Crippen molar-refractivity contribution in [3.05, 3.63) is 41.1 Å². The fraction of sp³-hybridized carbons (Fsp3) is 0.250. The highest BCUT2D eigenvalue weighted by Crippen LogP contribution is 2.37. The topological polar surface area (TPSA) is 74.4 Å². The lowest BCUT2D eigenvalue weighted by molar-refractivity contribution is 0.100. The monoisotopic (exact) mass is 282 g/mol. The smallest absolute Gasteiger partial charge is 0.250 e. The molecule has 5 heteroatoms. The first kappa shape index (κ1) is 12.2. The van der Waals surface area contributed by atoms with Crippen molar-refractivity contribution in [2.45, 2.75) is 19.3 Å². The summed E-state index contributed by atoms with van der Waals surface area (Å²) in [6.07, 6.45) is 2.99. The third-order valence-electron chi connectivity index (χ3n) is 3.96. The van der Waals surface area contributed by atoms with E-state index >= 15 is 0 Å². The van der Waals surface area contributed by atoms with Gasteiger partial charge in [0.15, 0.2) is 11.5 Å². The molecule has 2 N–H and O–H groups in total. The van der Waals surface area contributed by atoms with E-state index in [0.29, 0.717) is 22.8 Å². The number of nitrogens with two attached hydrogens (primary N) is 1. The molecule has 1 aromatic carbocycles. The van der Waals surface area contributed by atoms with Crippen LogP contribution < -0.4 is 15.2 Å². The van der Waals surface area contributed by atoms with Gasteiger partial charge in [0.1, 0.15) is 0 Å². The van der Waals surface area contributed by atoms with Crippen LogP contribution in [0.25, 0.3) is 11.3 Å². The van der Waals surface area contributed by atoms with Crippen molar-refractivity contribution >= 4 is 5.91 Å². The molecule has 0 spiro atoms. The van der Waals surface area contributed by atoms with Crippen LogP contribution in [-0.4, -0.2) is 17.7 Å². The van der Waals surface area contributed by atoms with Gasteiger partial charge >= 0.3 is 0 Å². The van der Waals surface area contributed by atoms with Gasteiger partial charge in [0.25, 0.3) is 5.91 Å². The van der Waals surface area contributed by atoms with Crippen molar-refractivity contribution in [3.8, 4) is 22.8 Å². The Morgan fingerprint density at radius 2 is 2.00 bits per heavy atom. The largest absolute Gasteiger partial charge is 0.454 e. The Labute approximate surface area is 121 Å². The Kier molecular flexibility index (Phi) is 2.60. The van der Waals surface area contributed by atoms with Gasteiger partial charge in [-0.25, -0.2) is 0 Å². The number of carbonyl (C=O) groups excluding carboxylic acids is 1. The highest BCUT2D eigenvalue weighted by Gasteiger charge is 2.21. The lowest BCUT2D eigenvalue weighted by Crippen LogP contribution is -2.14. The molecule has 2 aromatic rings. The predicted octanol–water partition coefficient (Wildman–Crippen LogP) is 2.06. The fourth-order valence-corrected chi connectivity index (χ4v) is 2.92. The van der Waals surface area contributed by atoms with Gasteiger partial charge in [-0.3, -0.25) is 9.78 Å². The number of carbonyl (C=O) groups is 1. The second kappa shape index (κ2) is 4.48. The van der Waals surface area contributed by atoms with Gasteiger partial charge in [-0.1, -0.05) is 0 Å². The summed E-state index contributed by atoms with van der Waals surface area (Å²) in [5, 5.41) is 0.